The topological polar surface area (TPSA) is 107 Å². The molecule has 3 rings (SSSR count). The predicted molar refractivity (Wildman–Crippen MR) is 108 cm³/mol. The second-order valence-electron chi connectivity index (χ2n) is 7.15. The van der Waals surface area contributed by atoms with Gasteiger partial charge in [-0.3, -0.25) is 14.4 Å². The maximum Gasteiger partial charge on any atom is 0.326 e. The van der Waals surface area contributed by atoms with Crippen molar-refractivity contribution >= 4 is 23.7 Å². The third-order valence-corrected chi connectivity index (χ3v) is 5.25. The molecule has 0 aromatic heterocycles. The highest BCUT2D eigenvalue weighted by atomic mass is 16.4. The van der Waals surface area contributed by atoms with Gasteiger partial charge in [-0.25, -0.2) is 4.79 Å². The summed E-state index contributed by atoms with van der Waals surface area (Å²) >= 11 is 0. The van der Waals surface area contributed by atoms with Crippen molar-refractivity contribution in [2.24, 2.45) is 0 Å². The Morgan fingerprint density at radius 3 is 2.40 bits per heavy atom. The Morgan fingerprint density at radius 1 is 1.10 bits per heavy atom. The van der Waals surface area contributed by atoms with E-state index < -0.39 is 29.9 Å². The van der Waals surface area contributed by atoms with Gasteiger partial charge in [0.1, 0.15) is 12.1 Å². The summed E-state index contributed by atoms with van der Waals surface area (Å²) in [5.74, 6) is -2.42. The number of carboxylic acid groups (broad SMARTS) is 1. The van der Waals surface area contributed by atoms with Crippen LogP contribution in [0.15, 0.2) is 54.6 Å². The van der Waals surface area contributed by atoms with E-state index >= 15 is 0 Å². The molecular weight excluding hydrogens is 386 g/mol. The fourth-order valence-corrected chi connectivity index (χ4v) is 3.36. The van der Waals surface area contributed by atoms with Crippen molar-refractivity contribution in [1.82, 2.24) is 15.1 Å². The molecule has 0 saturated carbocycles. The monoisotopic (exact) mass is 409 g/mol. The largest absolute Gasteiger partial charge is 0.480 e. The number of carboxylic acids is 1. The van der Waals surface area contributed by atoms with Crippen molar-refractivity contribution in [3.63, 3.8) is 0 Å². The lowest BCUT2D eigenvalue weighted by atomic mass is 10.0. The summed E-state index contributed by atoms with van der Waals surface area (Å²) < 4.78 is 0. The number of carbonyl (C=O) groups is 4. The first-order valence-corrected chi connectivity index (χ1v) is 9.51. The van der Waals surface area contributed by atoms with Gasteiger partial charge in [-0.15, -0.1) is 0 Å². The van der Waals surface area contributed by atoms with Gasteiger partial charge in [0.25, 0.3) is 5.91 Å². The number of likely N-dealkylation sites (N-methyl/N-ethyl adjacent to an activating group) is 1. The van der Waals surface area contributed by atoms with Crippen LogP contribution < -0.4 is 5.32 Å². The van der Waals surface area contributed by atoms with Crippen LogP contribution in [-0.4, -0.2) is 58.2 Å². The van der Waals surface area contributed by atoms with E-state index in [9.17, 15) is 19.2 Å². The highest BCUT2D eigenvalue weighted by molar-refractivity contribution is 6.05. The van der Waals surface area contributed by atoms with Crippen LogP contribution in [0.4, 0.5) is 0 Å². The molecule has 8 heteroatoms. The van der Waals surface area contributed by atoms with E-state index in [1.54, 1.807) is 24.3 Å². The molecule has 156 valence electrons. The third-order valence-electron chi connectivity index (χ3n) is 5.25. The molecule has 30 heavy (non-hydrogen) atoms. The van der Waals surface area contributed by atoms with E-state index in [1.807, 2.05) is 30.3 Å². The molecule has 0 saturated heterocycles. The number of fused-ring (bicyclic) bond motifs is 1. The first-order chi connectivity index (χ1) is 14.3. The van der Waals surface area contributed by atoms with E-state index in [1.165, 1.54) is 18.9 Å². The highest BCUT2D eigenvalue weighted by Crippen LogP contribution is 2.34. The molecule has 0 aliphatic carbocycles. The average molecular weight is 409 g/mol. The lowest BCUT2D eigenvalue weighted by molar-refractivity contribution is -0.148. The maximum atomic E-state index is 13.0. The number of nitrogens with one attached hydrogen (secondary N) is 1. The molecular formula is C22H23N3O5. The summed E-state index contributed by atoms with van der Waals surface area (Å²) in [6.45, 7) is 1.27. The smallest absolute Gasteiger partial charge is 0.326 e. The highest BCUT2D eigenvalue weighted by Gasteiger charge is 2.41. The van der Waals surface area contributed by atoms with Crippen LogP contribution >= 0.6 is 0 Å². The molecule has 2 aromatic rings. The van der Waals surface area contributed by atoms with Gasteiger partial charge in [-0.1, -0.05) is 48.5 Å². The quantitative estimate of drug-likeness (QED) is 0.720. The van der Waals surface area contributed by atoms with Crippen molar-refractivity contribution in [3.05, 3.63) is 71.3 Å². The summed E-state index contributed by atoms with van der Waals surface area (Å²) in [7, 11) is 1.36. The molecule has 2 atom stereocenters. The van der Waals surface area contributed by atoms with Crippen LogP contribution in [0.1, 0.15) is 34.5 Å². The van der Waals surface area contributed by atoms with Crippen LogP contribution in [0.3, 0.4) is 0 Å². The zero-order valence-corrected chi connectivity index (χ0v) is 16.7. The van der Waals surface area contributed by atoms with Gasteiger partial charge in [0.2, 0.25) is 11.8 Å². The second kappa shape index (κ2) is 8.77. The summed E-state index contributed by atoms with van der Waals surface area (Å²) in [5.41, 5.74) is 1.91. The van der Waals surface area contributed by atoms with Crippen molar-refractivity contribution < 1.29 is 24.3 Å². The van der Waals surface area contributed by atoms with Crippen LogP contribution in [0.25, 0.3) is 0 Å². The standard InChI is InChI=1S/C22H23N3O5/c1-14(22(29)30)24(2)18(26)12-23-20(27)19-16-10-6-7-11-17(16)21(28)25(19)13-15-8-4-3-5-9-15/h3-11,14,19H,12-13H2,1-2H3,(H,23,27)(H,29,30). The zero-order valence-electron chi connectivity index (χ0n) is 16.7. The van der Waals surface area contributed by atoms with Crippen molar-refractivity contribution in [2.75, 3.05) is 13.6 Å². The fourth-order valence-electron chi connectivity index (χ4n) is 3.36. The second-order valence-corrected chi connectivity index (χ2v) is 7.15. The van der Waals surface area contributed by atoms with Gasteiger partial charge >= 0.3 is 5.97 Å². The Morgan fingerprint density at radius 2 is 1.73 bits per heavy atom. The van der Waals surface area contributed by atoms with Gasteiger partial charge in [0, 0.05) is 19.2 Å². The molecule has 8 nitrogen and oxygen atoms in total. The molecule has 0 fully saturated rings. The number of benzene rings is 2. The van der Waals surface area contributed by atoms with Gasteiger partial charge in [-0.05, 0) is 24.1 Å². The average Bonchev–Trinajstić information content (AvgIpc) is 3.03. The molecule has 1 heterocycles. The number of rotatable bonds is 7. The van der Waals surface area contributed by atoms with Crippen LogP contribution in [0.5, 0.6) is 0 Å². The van der Waals surface area contributed by atoms with Crippen LogP contribution in [0, 0.1) is 0 Å². The Labute approximate surface area is 174 Å². The Hall–Kier alpha value is -3.68. The molecule has 1 aliphatic heterocycles. The Balaban J connectivity index is 1.78. The minimum absolute atomic E-state index is 0.246. The molecule has 1 aliphatic rings. The summed E-state index contributed by atoms with van der Waals surface area (Å²) in [6.07, 6.45) is 0. The number of amides is 3. The van der Waals surface area contributed by atoms with Gasteiger partial charge in [-0.2, -0.15) is 0 Å². The number of hydrogen-bond acceptors (Lipinski definition) is 4. The number of aliphatic carboxylic acids is 1. The van der Waals surface area contributed by atoms with Crippen molar-refractivity contribution in [2.45, 2.75) is 25.6 Å². The SMILES string of the molecule is CC(C(=O)O)N(C)C(=O)CNC(=O)C1c2ccccc2C(=O)N1Cc1ccccc1. The van der Waals surface area contributed by atoms with E-state index in [2.05, 4.69) is 5.32 Å². The minimum Gasteiger partial charge on any atom is -0.480 e. The van der Waals surface area contributed by atoms with Gasteiger partial charge in [0.15, 0.2) is 0 Å². The van der Waals surface area contributed by atoms with Gasteiger partial charge in [0.05, 0.1) is 6.54 Å². The van der Waals surface area contributed by atoms with E-state index in [-0.39, 0.29) is 19.0 Å². The number of hydrogen-bond donors (Lipinski definition) is 2. The Kier molecular flexibility index (Phi) is 6.15. The zero-order chi connectivity index (χ0) is 21.8. The van der Waals surface area contributed by atoms with E-state index in [0.717, 1.165) is 10.5 Å². The molecule has 2 unspecified atom stereocenters. The summed E-state index contributed by atoms with van der Waals surface area (Å²) in [4.78, 5) is 51.8. The fraction of sp³-hybridized carbons (Fsp3) is 0.273. The molecule has 0 radical (unpaired) electrons. The first kappa shape index (κ1) is 21.0. The lowest BCUT2D eigenvalue weighted by Crippen LogP contribution is -2.47. The predicted octanol–water partition coefficient (Wildman–Crippen LogP) is 1.43. The number of nitrogens with zero attached hydrogens (tertiary/aromatic N) is 2. The maximum absolute atomic E-state index is 13.0. The van der Waals surface area contributed by atoms with Crippen molar-refractivity contribution in [1.29, 1.82) is 0 Å². The molecule has 0 spiro atoms. The van der Waals surface area contributed by atoms with Crippen LogP contribution in [-0.2, 0) is 20.9 Å². The number of carbonyl (C=O) groups excluding carboxylic acids is 3. The van der Waals surface area contributed by atoms with Crippen molar-refractivity contribution in [3.8, 4) is 0 Å². The molecule has 2 aromatic carbocycles. The van der Waals surface area contributed by atoms with E-state index in [0.29, 0.717) is 11.1 Å². The minimum atomic E-state index is -1.14. The summed E-state index contributed by atoms with van der Waals surface area (Å²) in [6, 6.07) is 14.3. The first-order valence-electron chi connectivity index (χ1n) is 9.51. The molecule has 3 amide bonds. The normalized spacial score (nSPS) is 16.0. The summed E-state index contributed by atoms with van der Waals surface area (Å²) in [5, 5.41) is 11.6. The van der Waals surface area contributed by atoms with Crippen LogP contribution in [0.2, 0.25) is 0 Å². The third kappa shape index (κ3) is 4.17. The van der Waals surface area contributed by atoms with Gasteiger partial charge < -0.3 is 20.2 Å². The molecule has 0 bridgehead atoms. The lowest BCUT2D eigenvalue weighted by Gasteiger charge is -2.26. The Bertz CT molecular complexity index is 976. The van der Waals surface area contributed by atoms with E-state index in [4.69, 9.17) is 5.11 Å². The molecule has 2 N–H and O–H groups in total.